The fourth-order valence-electron chi connectivity index (χ4n) is 3.52. The first kappa shape index (κ1) is 24.2. The SMILES string of the molecule is CCCCCCCCCCCCCCCC(=O)Nc1cccc(C(=O)O)c1C. The number of aromatic carboxylic acids is 1. The van der Waals surface area contributed by atoms with Gasteiger partial charge in [0.25, 0.3) is 0 Å². The van der Waals surface area contributed by atoms with Gasteiger partial charge in [0, 0.05) is 12.1 Å². The van der Waals surface area contributed by atoms with Crippen molar-refractivity contribution in [2.24, 2.45) is 0 Å². The predicted octanol–water partition coefficient (Wildman–Crippen LogP) is 7.11. The van der Waals surface area contributed by atoms with Crippen LogP contribution in [0.3, 0.4) is 0 Å². The first-order valence-corrected chi connectivity index (χ1v) is 11.2. The maximum absolute atomic E-state index is 12.1. The molecular formula is C24H39NO3. The molecule has 2 N–H and O–H groups in total. The van der Waals surface area contributed by atoms with Crippen molar-refractivity contribution in [1.29, 1.82) is 0 Å². The van der Waals surface area contributed by atoms with Crippen LogP contribution < -0.4 is 5.32 Å². The fraction of sp³-hybridized carbons (Fsp3) is 0.667. The zero-order valence-corrected chi connectivity index (χ0v) is 17.9. The number of carboxylic acids is 1. The van der Waals surface area contributed by atoms with Gasteiger partial charge in [-0.3, -0.25) is 4.79 Å². The molecule has 0 aromatic heterocycles. The lowest BCUT2D eigenvalue weighted by atomic mass is 10.0. The number of hydrogen-bond acceptors (Lipinski definition) is 2. The minimum absolute atomic E-state index is 0.0336. The summed E-state index contributed by atoms with van der Waals surface area (Å²) in [6.45, 7) is 3.98. The number of carboxylic acid groups (broad SMARTS) is 1. The average Bonchev–Trinajstić information content (AvgIpc) is 2.67. The second kappa shape index (κ2) is 15.1. The zero-order chi connectivity index (χ0) is 20.6. The molecule has 1 rings (SSSR count). The molecule has 0 aliphatic heterocycles. The van der Waals surface area contributed by atoms with Crippen LogP contribution in [0.25, 0.3) is 0 Å². The van der Waals surface area contributed by atoms with Gasteiger partial charge in [-0.15, -0.1) is 0 Å². The second-order valence-corrected chi connectivity index (χ2v) is 7.82. The van der Waals surface area contributed by atoms with E-state index in [1.165, 1.54) is 70.6 Å². The Morgan fingerprint density at radius 3 is 1.82 bits per heavy atom. The molecule has 1 amide bonds. The van der Waals surface area contributed by atoms with Crippen LogP contribution in [-0.2, 0) is 4.79 Å². The summed E-state index contributed by atoms with van der Waals surface area (Å²) < 4.78 is 0. The molecule has 0 spiro atoms. The van der Waals surface area contributed by atoms with E-state index in [9.17, 15) is 9.59 Å². The molecular weight excluding hydrogens is 350 g/mol. The van der Waals surface area contributed by atoms with Crippen LogP contribution in [-0.4, -0.2) is 17.0 Å². The van der Waals surface area contributed by atoms with Crippen molar-refractivity contribution in [3.63, 3.8) is 0 Å². The predicted molar refractivity (Wildman–Crippen MR) is 117 cm³/mol. The lowest BCUT2D eigenvalue weighted by Crippen LogP contribution is -2.13. The standard InChI is InChI=1S/C24H39NO3/c1-3-4-5-6-7-8-9-10-11-12-13-14-15-19-23(26)25-22-18-16-17-21(20(22)2)24(27)28/h16-18H,3-15,19H2,1-2H3,(H,25,26)(H,27,28). The van der Waals surface area contributed by atoms with Gasteiger partial charge in [0.1, 0.15) is 0 Å². The highest BCUT2D eigenvalue weighted by atomic mass is 16.4. The fourth-order valence-corrected chi connectivity index (χ4v) is 3.52. The van der Waals surface area contributed by atoms with Crippen LogP contribution in [0.5, 0.6) is 0 Å². The third-order valence-electron chi connectivity index (χ3n) is 5.35. The van der Waals surface area contributed by atoms with Gasteiger partial charge in [0.15, 0.2) is 0 Å². The second-order valence-electron chi connectivity index (χ2n) is 7.82. The summed E-state index contributed by atoms with van der Waals surface area (Å²) in [5.41, 5.74) is 1.44. The smallest absolute Gasteiger partial charge is 0.336 e. The molecule has 0 radical (unpaired) electrons. The molecule has 0 aliphatic rings. The maximum Gasteiger partial charge on any atom is 0.336 e. The third kappa shape index (κ3) is 10.5. The lowest BCUT2D eigenvalue weighted by molar-refractivity contribution is -0.116. The highest BCUT2D eigenvalue weighted by Gasteiger charge is 2.11. The van der Waals surface area contributed by atoms with E-state index in [-0.39, 0.29) is 11.5 Å². The Morgan fingerprint density at radius 2 is 1.32 bits per heavy atom. The minimum Gasteiger partial charge on any atom is -0.478 e. The van der Waals surface area contributed by atoms with E-state index in [4.69, 9.17) is 5.11 Å². The van der Waals surface area contributed by atoms with Gasteiger partial charge in [-0.1, -0.05) is 90.0 Å². The summed E-state index contributed by atoms with van der Waals surface area (Å²) in [6, 6.07) is 4.97. The van der Waals surface area contributed by atoms with Crippen molar-refractivity contribution in [2.45, 2.75) is 104 Å². The molecule has 158 valence electrons. The molecule has 0 saturated heterocycles. The molecule has 0 aliphatic carbocycles. The molecule has 0 atom stereocenters. The zero-order valence-electron chi connectivity index (χ0n) is 17.9. The van der Waals surface area contributed by atoms with Crippen LogP contribution in [0.15, 0.2) is 18.2 Å². The lowest BCUT2D eigenvalue weighted by Gasteiger charge is -2.10. The van der Waals surface area contributed by atoms with Crippen molar-refractivity contribution in [2.75, 3.05) is 5.32 Å². The number of amides is 1. The highest BCUT2D eigenvalue weighted by molar-refractivity contribution is 5.95. The van der Waals surface area contributed by atoms with Gasteiger partial charge in [0.2, 0.25) is 5.91 Å². The van der Waals surface area contributed by atoms with E-state index in [2.05, 4.69) is 12.2 Å². The van der Waals surface area contributed by atoms with Crippen molar-refractivity contribution in [3.05, 3.63) is 29.3 Å². The van der Waals surface area contributed by atoms with Gasteiger partial charge in [0.05, 0.1) is 5.56 Å². The Bertz CT molecular complexity index is 583. The number of rotatable bonds is 16. The Hall–Kier alpha value is -1.84. The van der Waals surface area contributed by atoms with Gasteiger partial charge in [-0.2, -0.15) is 0 Å². The van der Waals surface area contributed by atoms with Crippen molar-refractivity contribution >= 4 is 17.6 Å². The van der Waals surface area contributed by atoms with Crippen molar-refractivity contribution < 1.29 is 14.7 Å². The largest absolute Gasteiger partial charge is 0.478 e. The number of nitrogens with one attached hydrogen (secondary N) is 1. The number of anilines is 1. The number of carbonyl (C=O) groups excluding carboxylic acids is 1. The van der Waals surface area contributed by atoms with E-state index in [0.717, 1.165) is 12.8 Å². The van der Waals surface area contributed by atoms with Crippen LogP contribution in [0.4, 0.5) is 5.69 Å². The van der Waals surface area contributed by atoms with Gasteiger partial charge >= 0.3 is 5.97 Å². The topological polar surface area (TPSA) is 66.4 Å². The molecule has 0 fully saturated rings. The van der Waals surface area contributed by atoms with E-state index in [1.807, 2.05) is 0 Å². The van der Waals surface area contributed by atoms with Crippen LogP contribution in [0.2, 0.25) is 0 Å². The Labute approximate surface area is 171 Å². The highest BCUT2D eigenvalue weighted by Crippen LogP contribution is 2.19. The summed E-state index contributed by atoms with van der Waals surface area (Å²) in [6.07, 6.45) is 17.2. The Balaban J connectivity index is 2.03. The number of unbranched alkanes of at least 4 members (excludes halogenated alkanes) is 12. The molecule has 0 heterocycles. The van der Waals surface area contributed by atoms with Crippen molar-refractivity contribution in [3.8, 4) is 0 Å². The molecule has 0 bridgehead atoms. The van der Waals surface area contributed by atoms with Crippen LogP contribution in [0.1, 0.15) is 113 Å². The normalized spacial score (nSPS) is 10.8. The van der Waals surface area contributed by atoms with E-state index >= 15 is 0 Å². The monoisotopic (exact) mass is 389 g/mol. The number of carbonyl (C=O) groups is 2. The van der Waals surface area contributed by atoms with Crippen LogP contribution in [0, 0.1) is 6.92 Å². The summed E-state index contributed by atoms with van der Waals surface area (Å²) in [5.74, 6) is -1.00. The van der Waals surface area contributed by atoms with E-state index in [1.54, 1.807) is 25.1 Å². The van der Waals surface area contributed by atoms with Crippen LogP contribution >= 0.6 is 0 Å². The van der Waals surface area contributed by atoms with E-state index < -0.39 is 5.97 Å². The van der Waals surface area contributed by atoms with Gasteiger partial charge in [-0.25, -0.2) is 4.79 Å². The molecule has 1 aromatic rings. The summed E-state index contributed by atoms with van der Waals surface area (Å²) in [4.78, 5) is 23.2. The summed E-state index contributed by atoms with van der Waals surface area (Å²) in [5, 5.41) is 12.0. The molecule has 0 saturated carbocycles. The quantitative estimate of drug-likeness (QED) is 0.296. The van der Waals surface area contributed by atoms with Crippen molar-refractivity contribution in [1.82, 2.24) is 0 Å². The Kier molecular flexibility index (Phi) is 13.1. The Morgan fingerprint density at radius 1 is 0.821 bits per heavy atom. The third-order valence-corrected chi connectivity index (χ3v) is 5.35. The number of hydrogen-bond donors (Lipinski definition) is 2. The van der Waals surface area contributed by atoms with Gasteiger partial charge < -0.3 is 10.4 Å². The maximum atomic E-state index is 12.1. The summed E-state index contributed by atoms with van der Waals surface area (Å²) >= 11 is 0. The molecule has 4 heteroatoms. The van der Waals surface area contributed by atoms with Gasteiger partial charge in [-0.05, 0) is 31.0 Å². The summed E-state index contributed by atoms with van der Waals surface area (Å²) in [7, 11) is 0. The molecule has 0 unspecified atom stereocenters. The van der Waals surface area contributed by atoms with E-state index in [0.29, 0.717) is 17.7 Å². The molecule has 1 aromatic carbocycles. The first-order valence-electron chi connectivity index (χ1n) is 11.2. The first-order chi connectivity index (χ1) is 13.6. The number of benzene rings is 1. The average molecular weight is 390 g/mol. The minimum atomic E-state index is -0.968. The molecule has 28 heavy (non-hydrogen) atoms. The molecule has 4 nitrogen and oxygen atoms in total.